The van der Waals surface area contributed by atoms with Gasteiger partial charge in [-0.05, 0) is 30.7 Å². The number of nitrogen functional groups attached to an aromatic ring is 1. The van der Waals surface area contributed by atoms with E-state index in [4.69, 9.17) is 10.2 Å². The third kappa shape index (κ3) is 1.65. The van der Waals surface area contributed by atoms with Gasteiger partial charge in [-0.1, -0.05) is 18.2 Å². The molecule has 0 bridgehead atoms. The SMILES string of the molecule is Cc1cc(-c2cc3ccccc3o2)ncc1N. The van der Waals surface area contributed by atoms with Crippen LogP contribution in [0.2, 0.25) is 0 Å². The first-order chi connectivity index (χ1) is 8.24. The fourth-order valence-corrected chi connectivity index (χ4v) is 1.81. The number of hydrogen-bond acceptors (Lipinski definition) is 3. The van der Waals surface area contributed by atoms with Crippen molar-refractivity contribution in [3.8, 4) is 11.5 Å². The average molecular weight is 224 g/mol. The van der Waals surface area contributed by atoms with Gasteiger partial charge in [-0.25, -0.2) is 0 Å². The van der Waals surface area contributed by atoms with Gasteiger partial charge >= 0.3 is 0 Å². The molecule has 2 aromatic heterocycles. The van der Waals surface area contributed by atoms with Crippen LogP contribution in [0.1, 0.15) is 5.56 Å². The van der Waals surface area contributed by atoms with Crippen molar-refractivity contribution >= 4 is 16.7 Å². The lowest BCUT2D eigenvalue weighted by Gasteiger charge is -2.00. The number of rotatable bonds is 1. The van der Waals surface area contributed by atoms with Crippen molar-refractivity contribution in [2.75, 3.05) is 5.73 Å². The summed E-state index contributed by atoms with van der Waals surface area (Å²) in [7, 11) is 0. The van der Waals surface area contributed by atoms with Gasteiger partial charge in [0.15, 0.2) is 5.76 Å². The number of nitrogens with two attached hydrogens (primary N) is 1. The van der Waals surface area contributed by atoms with Crippen LogP contribution in [0.25, 0.3) is 22.4 Å². The van der Waals surface area contributed by atoms with E-state index in [1.807, 2.05) is 43.3 Å². The van der Waals surface area contributed by atoms with Gasteiger partial charge in [-0.15, -0.1) is 0 Å². The van der Waals surface area contributed by atoms with E-state index in [0.29, 0.717) is 5.69 Å². The zero-order valence-corrected chi connectivity index (χ0v) is 9.47. The quantitative estimate of drug-likeness (QED) is 0.689. The van der Waals surface area contributed by atoms with Crippen LogP contribution in [0.15, 0.2) is 47.0 Å². The van der Waals surface area contributed by atoms with Gasteiger partial charge in [0, 0.05) is 5.39 Å². The van der Waals surface area contributed by atoms with Crippen LogP contribution in [-0.4, -0.2) is 4.98 Å². The summed E-state index contributed by atoms with van der Waals surface area (Å²) in [5.74, 6) is 0.773. The van der Waals surface area contributed by atoms with E-state index < -0.39 is 0 Å². The van der Waals surface area contributed by atoms with Crippen LogP contribution in [0.3, 0.4) is 0 Å². The summed E-state index contributed by atoms with van der Waals surface area (Å²) in [5, 5.41) is 1.08. The number of benzene rings is 1. The Morgan fingerprint density at radius 2 is 2.00 bits per heavy atom. The summed E-state index contributed by atoms with van der Waals surface area (Å²) >= 11 is 0. The molecule has 3 rings (SSSR count). The maximum atomic E-state index is 5.75. The molecule has 2 N–H and O–H groups in total. The van der Waals surface area contributed by atoms with Gasteiger partial charge in [-0.3, -0.25) is 4.98 Å². The summed E-state index contributed by atoms with van der Waals surface area (Å²) in [6.45, 7) is 1.96. The van der Waals surface area contributed by atoms with Crippen LogP contribution >= 0.6 is 0 Å². The molecule has 0 radical (unpaired) electrons. The van der Waals surface area contributed by atoms with Crippen LogP contribution < -0.4 is 5.73 Å². The average Bonchev–Trinajstić information content (AvgIpc) is 2.76. The molecule has 0 aliphatic heterocycles. The molecule has 0 fully saturated rings. The number of furan rings is 1. The van der Waals surface area contributed by atoms with Crippen LogP contribution in [0, 0.1) is 6.92 Å². The normalized spacial score (nSPS) is 10.9. The molecule has 1 aromatic carbocycles. The van der Waals surface area contributed by atoms with E-state index >= 15 is 0 Å². The fourth-order valence-electron chi connectivity index (χ4n) is 1.81. The summed E-state index contributed by atoms with van der Waals surface area (Å²) < 4.78 is 5.75. The van der Waals surface area contributed by atoms with Gasteiger partial charge in [0.05, 0.1) is 11.9 Å². The standard InChI is InChI=1S/C14H12N2O/c1-9-6-12(16-8-11(9)15)14-7-10-4-2-3-5-13(10)17-14/h2-8H,15H2,1H3. The van der Waals surface area contributed by atoms with Crippen LogP contribution in [-0.2, 0) is 0 Å². The van der Waals surface area contributed by atoms with E-state index in [0.717, 1.165) is 28.0 Å². The molecule has 0 unspecified atom stereocenters. The van der Waals surface area contributed by atoms with Crippen LogP contribution in [0.5, 0.6) is 0 Å². The van der Waals surface area contributed by atoms with E-state index in [1.165, 1.54) is 0 Å². The molecule has 0 atom stereocenters. The molecule has 0 amide bonds. The fraction of sp³-hybridized carbons (Fsp3) is 0.0714. The third-order valence-electron chi connectivity index (χ3n) is 2.83. The first-order valence-electron chi connectivity index (χ1n) is 5.45. The van der Waals surface area contributed by atoms with Gasteiger partial charge in [0.2, 0.25) is 0 Å². The zero-order chi connectivity index (χ0) is 11.8. The second-order valence-corrected chi connectivity index (χ2v) is 4.07. The molecule has 0 saturated carbocycles. The highest BCUT2D eigenvalue weighted by Crippen LogP contribution is 2.27. The minimum Gasteiger partial charge on any atom is -0.454 e. The molecule has 3 heteroatoms. The number of para-hydroxylation sites is 1. The van der Waals surface area contributed by atoms with Crippen molar-refractivity contribution in [2.45, 2.75) is 6.92 Å². The largest absolute Gasteiger partial charge is 0.454 e. The maximum absolute atomic E-state index is 5.75. The van der Waals surface area contributed by atoms with E-state index in [1.54, 1.807) is 6.20 Å². The topological polar surface area (TPSA) is 52.0 Å². The molecule has 0 aliphatic rings. The second kappa shape index (κ2) is 3.63. The predicted octanol–water partition coefficient (Wildman–Crippen LogP) is 3.39. The second-order valence-electron chi connectivity index (χ2n) is 4.07. The number of aromatic nitrogens is 1. The lowest BCUT2D eigenvalue weighted by molar-refractivity contribution is 0.628. The van der Waals surface area contributed by atoms with Crippen molar-refractivity contribution in [1.82, 2.24) is 4.98 Å². The van der Waals surface area contributed by atoms with Crippen molar-refractivity contribution in [3.05, 3.63) is 48.2 Å². The smallest absolute Gasteiger partial charge is 0.153 e. The first-order valence-corrected chi connectivity index (χ1v) is 5.45. The van der Waals surface area contributed by atoms with Gasteiger partial charge in [0.1, 0.15) is 11.3 Å². The number of nitrogens with zero attached hydrogens (tertiary/aromatic N) is 1. The lowest BCUT2D eigenvalue weighted by atomic mass is 10.2. The van der Waals surface area contributed by atoms with Crippen molar-refractivity contribution in [3.63, 3.8) is 0 Å². The lowest BCUT2D eigenvalue weighted by Crippen LogP contribution is -1.91. The Morgan fingerprint density at radius 3 is 2.76 bits per heavy atom. The summed E-state index contributed by atoms with van der Waals surface area (Å²) in [5.41, 5.74) is 9.14. The Kier molecular flexibility index (Phi) is 2.11. The van der Waals surface area contributed by atoms with Gasteiger partial charge in [-0.2, -0.15) is 0 Å². The van der Waals surface area contributed by atoms with Crippen molar-refractivity contribution < 1.29 is 4.42 Å². The Labute approximate surface area is 98.9 Å². The molecule has 84 valence electrons. The minimum atomic E-state index is 0.699. The van der Waals surface area contributed by atoms with E-state index in [9.17, 15) is 0 Å². The Morgan fingerprint density at radius 1 is 1.18 bits per heavy atom. The number of anilines is 1. The Hall–Kier alpha value is -2.29. The molecule has 0 spiro atoms. The van der Waals surface area contributed by atoms with Crippen molar-refractivity contribution in [1.29, 1.82) is 0 Å². The van der Waals surface area contributed by atoms with Gasteiger partial charge < -0.3 is 10.2 Å². The molecule has 0 aliphatic carbocycles. The Balaban J connectivity index is 2.17. The number of hydrogen-bond donors (Lipinski definition) is 1. The molecule has 3 aromatic rings. The number of fused-ring (bicyclic) bond motifs is 1. The monoisotopic (exact) mass is 224 g/mol. The number of pyridine rings is 1. The summed E-state index contributed by atoms with van der Waals surface area (Å²) in [6, 6.07) is 11.8. The molecule has 2 heterocycles. The van der Waals surface area contributed by atoms with Gasteiger partial charge in [0.25, 0.3) is 0 Å². The first kappa shape index (κ1) is 9.90. The zero-order valence-electron chi connectivity index (χ0n) is 9.47. The van der Waals surface area contributed by atoms with Crippen molar-refractivity contribution in [2.24, 2.45) is 0 Å². The highest BCUT2D eigenvalue weighted by molar-refractivity contribution is 5.82. The third-order valence-corrected chi connectivity index (χ3v) is 2.83. The number of aryl methyl sites for hydroxylation is 1. The molecular weight excluding hydrogens is 212 g/mol. The van der Waals surface area contributed by atoms with Crippen LogP contribution in [0.4, 0.5) is 5.69 Å². The highest BCUT2D eigenvalue weighted by Gasteiger charge is 2.07. The predicted molar refractivity (Wildman–Crippen MR) is 68.6 cm³/mol. The van der Waals surface area contributed by atoms with E-state index in [2.05, 4.69) is 4.98 Å². The maximum Gasteiger partial charge on any atom is 0.153 e. The summed E-state index contributed by atoms with van der Waals surface area (Å²) in [4.78, 5) is 4.29. The molecule has 17 heavy (non-hydrogen) atoms. The molecular formula is C14H12N2O. The van der Waals surface area contributed by atoms with E-state index in [-0.39, 0.29) is 0 Å². The summed E-state index contributed by atoms with van der Waals surface area (Å²) in [6.07, 6.45) is 1.66. The minimum absolute atomic E-state index is 0.699. The molecule has 3 nitrogen and oxygen atoms in total. The Bertz CT molecular complexity index is 653. The molecule has 0 saturated heterocycles. The highest BCUT2D eigenvalue weighted by atomic mass is 16.3.